The zero-order valence-electron chi connectivity index (χ0n) is 12.5. The molecule has 1 heterocycles. The molecule has 5 nitrogen and oxygen atoms in total. The van der Waals surface area contributed by atoms with Crippen molar-refractivity contribution in [2.75, 3.05) is 6.61 Å². The molecule has 0 saturated heterocycles. The fourth-order valence-electron chi connectivity index (χ4n) is 1.86. The number of hydrogen-bond acceptors (Lipinski definition) is 4. The SMILES string of the molecule is C[C@@H](NC(=O)COC(=O)/C=C/c1ccc(I)o1)c1ccccc1. The molecule has 1 aromatic heterocycles. The molecule has 0 bridgehead atoms. The molecule has 0 aliphatic heterocycles. The first-order valence-electron chi connectivity index (χ1n) is 6.99. The number of furan rings is 1. The molecule has 1 aromatic carbocycles. The summed E-state index contributed by atoms with van der Waals surface area (Å²) in [7, 11) is 0. The highest BCUT2D eigenvalue weighted by Gasteiger charge is 2.10. The highest BCUT2D eigenvalue weighted by atomic mass is 127. The molecule has 23 heavy (non-hydrogen) atoms. The Morgan fingerprint density at radius 3 is 2.65 bits per heavy atom. The Labute approximate surface area is 147 Å². The van der Waals surface area contributed by atoms with Gasteiger partial charge in [0, 0.05) is 6.08 Å². The molecular weight excluding hydrogens is 409 g/mol. The van der Waals surface area contributed by atoms with Gasteiger partial charge < -0.3 is 14.5 Å². The summed E-state index contributed by atoms with van der Waals surface area (Å²) in [6.45, 7) is 1.55. The van der Waals surface area contributed by atoms with E-state index >= 15 is 0 Å². The summed E-state index contributed by atoms with van der Waals surface area (Å²) in [6.07, 6.45) is 2.72. The minimum Gasteiger partial charge on any atom is -0.452 e. The topological polar surface area (TPSA) is 68.5 Å². The number of amides is 1. The molecule has 1 amide bonds. The van der Waals surface area contributed by atoms with Crippen LogP contribution in [-0.4, -0.2) is 18.5 Å². The zero-order valence-corrected chi connectivity index (χ0v) is 14.6. The predicted octanol–water partition coefficient (Wildman–Crippen LogP) is 3.32. The lowest BCUT2D eigenvalue weighted by Crippen LogP contribution is -2.30. The Morgan fingerprint density at radius 2 is 2.00 bits per heavy atom. The van der Waals surface area contributed by atoms with Gasteiger partial charge in [-0.05, 0) is 53.3 Å². The third-order valence-corrected chi connectivity index (χ3v) is 3.58. The van der Waals surface area contributed by atoms with Crippen molar-refractivity contribution in [3.8, 4) is 0 Å². The van der Waals surface area contributed by atoms with Crippen molar-refractivity contribution in [2.24, 2.45) is 0 Å². The van der Waals surface area contributed by atoms with E-state index in [-0.39, 0.29) is 18.6 Å². The quantitative estimate of drug-likeness (QED) is 0.438. The second kappa shape index (κ2) is 8.52. The van der Waals surface area contributed by atoms with Crippen LogP contribution in [0.15, 0.2) is 53.0 Å². The molecular formula is C17H16INO4. The third kappa shape index (κ3) is 5.90. The van der Waals surface area contributed by atoms with E-state index in [0.29, 0.717) is 5.76 Å². The summed E-state index contributed by atoms with van der Waals surface area (Å²) in [6, 6.07) is 12.9. The van der Waals surface area contributed by atoms with Crippen LogP contribution in [-0.2, 0) is 14.3 Å². The Balaban J connectivity index is 1.75. The summed E-state index contributed by atoms with van der Waals surface area (Å²) >= 11 is 2.03. The van der Waals surface area contributed by atoms with E-state index in [1.165, 1.54) is 12.2 Å². The lowest BCUT2D eigenvalue weighted by molar-refractivity contribution is -0.144. The first kappa shape index (κ1) is 17.3. The maximum Gasteiger partial charge on any atom is 0.331 e. The normalized spacial score (nSPS) is 12.1. The summed E-state index contributed by atoms with van der Waals surface area (Å²) in [5.41, 5.74) is 0.986. The van der Waals surface area contributed by atoms with Crippen LogP contribution in [0.3, 0.4) is 0 Å². The van der Waals surface area contributed by atoms with E-state index in [4.69, 9.17) is 9.15 Å². The van der Waals surface area contributed by atoms with Gasteiger partial charge in [-0.1, -0.05) is 30.3 Å². The summed E-state index contributed by atoms with van der Waals surface area (Å²) < 4.78 is 10.9. The first-order chi connectivity index (χ1) is 11.0. The van der Waals surface area contributed by atoms with Gasteiger partial charge in [-0.2, -0.15) is 0 Å². The summed E-state index contributed by atoms with van der Waals surface area (Å²) in [5, 5.41) is 2.77. The van der Waals surface area contributed by atoms with Gasteiger partial charge in [-0.25, -0.2) is 4.79 Å². The zero-order chi connectivity index (χ0) is 16.7. The van der Waals surface area contributed by atoms with Crippen molar-refractivity contribution in [2.45, 2.75) is 13.0 Å². The molecule has 0 saturated carbocycles. The molecule has 0 spiro atoms. The molecule has 120 valence electrons. The van der Waals surface area contributed by atoms with Gasteiger partial charge in [0.05, 0.1) is 6.04 Å². The minimum atomic E-state index is -0.598. The Morgan fingerprint density at radius 1 is 1.26 bits per heavy atom. The van der Waals surface area contributed by atoms with Crippen LogP contribution in [0, 0.1) is 3.77 Å². The number of hydrogen-bond donors (Lipinski definition) is 1. The predicted molar refractivity (Wildman–Crippen MR) is 94.4 cm³/mol. The van der Waals surface area contributed by atoms with E-state index in [1.54, 1.807) is 12.1 Å². The maximum atomic E-state index is 11.8. The van der Waals surface area contributed by atoms with Gasteiger partial charge in [-0.3, -0.25) is 4.79 Å². The first-order valence-corrected chi connectivity index (χ1v) is 8.07. The van der Waals surface area contributed by atoms with Crippen LogP contribution in [0.4, 0.5) is 0 Å². The standard InChI is InChI=1S/C17H16INO4/c1-12(13-5-3-2-4-6-13)19-16(20)11-22-17(21)10-8-14-7-9-15(18)23-14/h2-10,12H,11H2,1H3,(H,19,20)/b10-8+/t12-/m1/s1. The van der Waals surface area contributed by atoms with Gasteiger partial charge in [0.1, 0.15) is 5.76 Å². The Hall–Kier alpha value is -2.09. The lowest BCUT2D eigenvalue weighted by atomic mass is 10.1. The summed E-state index contributed by atoms with van der Waals surface area (Å²) in [5.74, 6) is -0.400. The smallest absolute Gasteiger partial charge is 0.331 e. The van der Waals surface area contributed by atoms with Crippen molar-refractivity contribution < 1.29 is 18.7 Å². The van der Waals surface area contributed by atoms with Gasteiger partial charge in [0.25, 0.3) is 5.91 Å². The number of esters is 1. The number of rotatable bonds is 6. The third-order valence-electron chi connectivity index (χ3n) is 3.00. The van der Waals surface area contributed by atoms with Crippen LogP contribution in [0.5, 0.6) is 0 Å². The van der Waals surface area contributed by atoms with E-state index in [9.17, 15) is 9.59 Å². The Kier molecular flexibility index (Phi) is 6.40. The molecule has 0 fully saturated rings. The van der Waals surface area contributed by atoms with Crippen LogP contribution in [0.2, 0.25) is 0 Å². The lowest BCUT2D eigenvalue weighted by Gasteiger charge is -2.13. The number of carbonyl (C=O) groups excluding carboxylic acids is 2. The largest absolute Gasteiger partial charge is 0.452 e. The van der Waals surface area contributed by atoms with Crippen molar-refractivity contribution in [3.05, 3.63) is 63.6 Å². The second-order valence-electron chi connectivity index (χ2n) is 4.78. The average Bonchev–Trinajstić information content (AvgIpc) is 2.97. The minimum absolute atomic E-state index is 0.150. The van der Waals surface area contributed by atoms with Crippen molar-refractivity contribution in [1.29, 1.82) is 0 Å². The molecule has 1 atom stereocenters. The summed E-state index contributed by atoms with van der Waals surface area (Å²) in [4.78, 5) is 23.3. The molecule has 2 aromatic rings. The van der Waals surface area contributed by atoms with E-state index in [2.05, 4.69) is 5.32 Å². The Bertz CT molecular complexity index is 694. The fraction of sp³-hybridized carbons (Fsp3) is 0.176. The number of carbonyl (C=O) groups is 2. The number of benzene rings is 1. The molecule has 6 heteroatoms. The molecule has 0 aliphatic carbocycles. The van der Waals surface area contributed by atoms with Crippen LogP contribution in [0.1, 0.15) is 24.3 Å². The monoisotopic (exact) mass is 425 g/mol. The number of nitrogens with one attached hydrogen (secondary N) is 1. The molecule has 1 N–H and O–H groups in total. The van der Waals surface area contributed by atoms with Gasteiger partial charge in [0.15, 0.2) is 10.4 Å². The number of halogens is 1. The number of ether oxygens (including phenoxy) is 1. The molecule has 0 unspecified atom stereocenters. The van der Waals surface area contributed by atoms with Crippen LogP contribution < -0.4 is 5.32 Å². The molecule has 0 radical (unpaired) electrons. The highest BCUT2D eigenvalue weighted by Crippen LogP contribution is 2.12. The fourth-order valence-corrected chi connectivity index (χ4v) is 2.30. The van der Waals surface area contributed by atoms with Gasteiger partial charge in [0.2, 0.25) is 0 Å². The average molecular weight is 425 g/mol. The van der Waals surface area contributed by atoms with E-state index in [1.807, 2.05) is 59.8 Å². The molecule has 2 rings (SSSR count). The maximum absolute atomic E-state index is 11.8. The van der Waals surface area contributed by atoms with Gasteiger partial charge in [-0.15, -0.1) is 0 Å². The van der Waals surface area contributed by atoms with E-state index in [0.717, 1.165) is 9.33 Å². The second-order valence-corrected chi connectivity index (χ2v) is 5.85. The van der Waals surface area contributed by atoms with Crippen molar-refractivity contribution in [1.82, 2.24) is 5.32 Å². The highest BCUT2D eigenvalue weighted by molar-refractivity contribution is 14.1. The molecule has 0 aliphatic rings. The van der Waals surface area contributed by atoms with E-state index < -0.39 is 5.97 Å². The van der Waals surface area contributed by atoms with Gasteiger partial charge >= 0.3 is 5.97 Å². The van der Waals surface area contributed by atoms with Crippen molar-refractivity contribution in [3.63, 3.8) is 0 Å². The van der Waals surface area contributed by atoms with Crippen molar-refractivity contribution >= 4 is 40.5 Å². The van der Waals surface area contributed by atoms with Crippen LogP contribution in [0.25, 0.3) is 6.08 Å². The van der Waals surface area contributed by atoms with Crippen LogP contribution >= 0.6 is 22.6 Å².